The van der Waals surface area contributed by atoms with Gasteiger partial charge >= 0.3 is 0 Å². The van der Waals surface area contributed by atoms with E-state index in [-0.39, 0.29) is 24.7 Å². The maximum Gasteiger partial charge on any atom is 0.270 e. The van der Waals surface area contributed by atoms with Crippen LogP contribution in [0.2, 0.25) is 10.2 Å². The average molecular weight is 307 g/mol. The van der Waals surface area contributed by atoms with Gasteiger partial charge in [-0.2, -0.15) is 0 Å². The molecule has 5 nitrogen and oxygen atoms in total. The number of halogens is 2. The molecule has 1 aliphatic rings. The molecule has 0 saturated carbocycles. The highest BCUT2D eigenvalue weighted by Crippen LogP contribution is 2.26. The smallest absolute Gasteiger partial charge is 0.270 e. The van der Waals surface area contributed by atoms with E-state index in [4.69, 9.17) is 27.9 Å². The van der Waals surface area contributed by atoms with Gasteiger partial charge < -0.3 is 19.3 Å². The van der Waals surface area contributed by atoms with Crippen LogP contribution >= 0.6 is 23.2 Å². The van der Waals surface area contributed by atoms with Crippen molar-refractivity contribution in [3.63, 3.8) is 0 Å². The second-order valence-electron chi connectivity index (χ2n) is 4.69. The quantitative estimate of drug-likeness (QED) is 0.902. The Kier molecular flexibility index (Phi) is 4.40. The number of rotatable bonds is 2. The van der Waals surface area contributed by atoms with Crippen molar-refractivity contribution in [2.45, 2.75) is 19.1 Å². The third-order valence-electron chi connectivity index (χ3n) is 3.15. The Morgan fingerprint density at radius 1 is 1.53 bits per heavy atom. The number of hydrogen-bond acceptors (Lipinski definition) is 3. The topological polar surface area (TPSA) is 54.7 Å². The highest BCUT2D eigenvalue weighted by atomic mass is 35.5. The Bertz CT molecular complexity index is 490. The van der Waals surface area contributed by atoms with Crippen molar-refractivity contribution in [2.24, 2.45) is 7.05 Å². The molecular formula is C12H16Cl2N2O3. The number of hydrogen-bond donors (Lipinski definition) is 1. The minimum atomic E-state index is -0.348. The van der Waals surface area contributed by atoms with Gasteiger partial charge in [0.25, 0.3) is 5.91 Å². The highest BCUT2D eigenvalue weighted by Gasteiger charge is 2.30. The van der Waals surface area contributed by atoms with Gasteiger partial charge in [0.15, 0.2) is 0 Å². The van der Waals surface area contributed by atoms with Crippen LogP contribution < -0.4 is 0 Å². The molecule has 1 aromatic rings. The molecule has 1 aromatic heterocycles. The molecule has 7 heteroatoms. The molecule has 1 saturated heterocycles. The molecule has 106 valence electrons. The predicted octanol–water partition coefficient (Wildman–Crippen LogP) is 1.55. The summed E-state index contributed by atoms with van der Waals surface area (Å²) in [6.45, 7) is 2.60. The molecule has 0 aromatic carbocycles. The largest absolute Gasteiger partial charge is 0.394 e. The number of morpholine rings is 1. The van der Waals surface area contributed by atoms with Gasteiger partial charge in [-0.3, -0.25) is 4.79 Å². The molecule has 1 N–H and O–H groups in total. The van der Waals surface area contributed by atoms with Crippen molar-refractivity contribution in [3.05, 3.63) is 21.9 Å². The molecule has 19 heavy (non-hydrogen) atoms. The highest BCUT2D eigenvalue weighted by molar-refractivity contribution is 6.41. The molecule has 0 aliphatic carbocycles. The third-order valence-corrected chi connectivity index (χ3v) is 3.99. The summed E-state index contributed by atoms with van der Waals surface area (Å²) in [6, 6.07) is 1.56. The molecule has 2 atom stereocenters. The summed E-state index contributed by atoms with van der Waals surface area (Å²) in [7, 11) is 1.69. The number of carbonyl (C=O) groups excluding carboxylic acids is 1. The Hall–Kier alpha value is -0.750. The molecule has 0 spiro atoms. The van der Waals surface area contributed by atoms with Gasteiger partial charge in [0.05, 0.1) is 23.8 Å². The molecule has 1 amide bonds. The minimum Gasteiger partial charge on any atom is -0.394 e. The summed E-state index contributed by atoms with van der Waals surface area (Å²) in [5.74, 6) is -0.162. The van der Waals surface area contributed by atoms with Crippen LogP contribution in [0.5, 0.6) is 0 Å². The monoisotopic (exact) mass is 306 g/mol. The molecule has 0 bridgehead atoms. The van der Waals surface area contributed by atoms with Crippen molar-refractivity contribution in [1.29, 1.82) is 0 Å². The fourth-order valence-electron chi connectivity index (χ4n) is 2.22. The van der Waals surface area contributed by atoms with E-state index in [0.717, 1.165) is 0 Å². The van der Waals surface area contributed by atoms with Crippen LogP contribution in [0.15, 0.2) is 6.07 Å². The lowest BCUT2D eigenvalue weighted by atomic mass is 10.2. The number of ether oxygens (including phenoxy) is 1. The van der Waals surface area contributed by atoms with Crippen LogP contribution in [0.1, 0.15) is 17.4 Å². The molecule has 1 fully saturated rings. The van der Waals surface area contributed by atoms with Gasteiger partial charge in [0, 0.05) is 20.1 Å². The van der Waals surface area contributed by atoms with Gasteiger partial charge in [0.1, 0.15) is 10.8 Å². The lowest BCUT2D eigenvalue weighted by molar-refractivity contribution is -0.0860. The maximum absolute atomic E-state index is 12.4. The van der Waals surface area contributed by atoms with E-state index in [1.54, 1.807) is 22.6 Å². The maximum atomic E-state index is 12.4. The van der Waals surface area contributed by atoms with E-state index >= 15 is 0 Å². The van der Waals surface area contributed by atoms with E-state index in [9.17, 15) is 9.90 Å². The minimum absolute atomic E-state index is 0.108. The molecule has 2 unspecified atom stereocenters. The fourth-order valence-corrected chi connectivity index (χ4v) is 2.60. The summed E-state index contributed by atoms with van der Waals surface area (Å²) < 4.78 is 7.06. The van der Waals surface area contributed by atoms with Crippen LogP contribution in [-0.2, 0) is 11.8 Å². The van der Waals surface area contributed by atoms with Crippen LogP contribution in [0, 0.1) is 0 Å². The van der Waals surface area contributed by atoms with Crippen molar-refractivity contribution >= 4 is 29.1 Å². The number of aliphatic hydroxyl groups excluding tert-OH is 1. The first kappa shape index (κ1) is 14.7. The first-order valence-electron chi connectivity index (χ1n) is 6.00. The Morgan fingerprint density at radius 3 is 2.74 bits per heavy atom. The van der Waals surface area contributed by atoms with Crippen molar-refractivity contribution < 1.29 is 14.6 Å². The number of carbonyl (C=O) groups is 1. The van der Waals surface area contributed by atoms with Gasteiger partial charge in [-0.25, -0.2) is 0 Å². The Labute approximate surface area is 121 Å². The van der Waals surface area contributed by atoms with Crippen LogP contribution in [0.3, 0.4) is 0 Å². The summed E-state index contributed by atoms with van der Waals surface area (Å²) >= 11 is 11.9. The second-order valence-corrected chi connectivity index (χ2v) is 5.45. The van der Waals surface area contributed by atoms with E-state index in [0.29, 0.717) is 29.0 Å². The van der Waals surface area contributed by atoms with Crippen LogP contribution in [-0.4, -0.2) is 52.4 Å². The van der Waals surface area contributed by atoms with E-state index in [1.807, 2.05) is 6.92 Å². The van der Waals surface area contributed by atoms with E-state index in [2.05, 4.69) is 0 Å². The lowest BCUT2D eigenvalue weighted by Crippen LogP contribution is -2.50. The van der Waals surface area contributed by atoms with Crippen molar-refractivity contribution in [1.82, 2.24) is 9.47 Å². The number of aliphatic hydroxyl groups is 1. The first-order chi connectivity index (χ1) is 8.93. The van der Waals surface area contributed by atoms with Crippen molar-refractivity contribution in [3.8, 4) is 0 Å². The SMILES string of the molecule is CC1CN(C(=O)c2cc(Cl)c(Cl)n2C)CC(CO)O1. The van der Waals surface area contributed by atoms with Crippen LogP contribution in [0.25, 0.3) is 0 Å². The van der Waals surface area contributed by atoms with Crippen LogP contribution in [0.4, 0.5) is 0 Å². The Morgan fingerprint density at radius 2 is 2.21 bits per heavy atom. The lowest BCUT2D eigenvalue weighted by Gasteiger charge is -2.36. The zero-order valence-corrected chi connectivity index (χ0v) is 12.3. The standard InChI is InChI=1S/C12H16Cl2N2O3/c1-7-4-16(5-8(6-17)19-7)12(18)10-3-9(13)11(14)15(10)2/h3,7-8,17H,4-6H2,1-2H3. The summed E-state index contributed by atoms with van der Waals surface area (Å²) in [5.41, 5.74) is 0.431. The van der Waals surface area contributed by atoms with Gasteiger partial charge in [-0.05, 0) is 13.0 Å². The number of aromatic nitrogens is 1. The molecule has 2 rings (SSSR count). The van der Waals surface area contributed by atoms with Crippen molar-refractivity contribution in [2.75, 3.05) is 19.7 Å². The van der Waals surface area contributed by atoms with Gasteiger partial charge in [-0.15, -0.1) is 0 Å². The summed E-state index contributed by atoms with van der Waals surface area (Å²) in [5, 5.41) is 9.86. The average Bonchev–Trinajstić information content (AvgIpc) is 2.65. The zero-order chi connectivity index (χ0) is 14.2. The zero-order valence-electron chi connectivity index (χ0n) is 10.8. The molecular weight excluding hydrogens is 291 g/mol. The summed E-state index contributed by atoms with van der Waals surface area (Å²) in [6.07, 6.45) is -0.458. The number of nitrogens with zero attached hydrogens (tertiary/aromatic N) is 2. The Balaban J connectivity index is 2.21. The third kappa shape index (κ3) is 2.89. The molecule has 0 radical (unpaired) electrons. The van der Waals surface area contributed by atoms with E-state index in [1.165, 1.54) is 0 Å². The predicted molar refractivity (Wildman–Crippen MR) is 72.8 cm³/mol. The first-order valence-corrected chi connectivity index (χ1v) is 6.76. The normalized spacial score (nSPS) is 23.7. The molecule has 1 aliphatic heterocycles. The second kappa shape index (κ2) is 5.71. The summed E-state index contributed by atoms with van der Waals surface area (Å²) in [4.78, 5) is 14.1. The van der Waals surface area contributed by atoms with Gasteiger partial charge in [0.2, 0.25) is 0 Å². The molecule has 2 heterocycles. The fraction of sp³-hybridized carbons (Fsp3) is 0.583. The van der Waals surface area contributed by atoms with E-state index < -0.39 is 0 Å². The number of amides is 1. The van der Waals surface area contributed by atoms with Gasteiger partial charge in [-0.1, -0.05) is 23.2 Å².